The summed E-state index contributed by atoms with van der Waals surface area (Å²) < 4.78 is 2.04. The summed E-state index contributed by atoms with van der Waals surface area (Å²) in [6, 6.07) is 5.45. The van der Waals surface area contributed by atoms with E-state index in [0.29, 0.717) is 15.9 Å². The lowest BCUT2D eigenvalue weighted by molar-refractivity contribution is 0.622. The van der Waals surface area contributed by atoms with Crippen LogP contribution in [0.5, 0.6) is 0 Å². The smallest absolute Gasteiger partial charge is 0.131 e. The zero-order valence-electron chi connectivity index (χ0n) is 11.1. The van der Waals surface area contributed by atoms with E-state index >= 15 is 0 Å². The highest BCUT2D eigenvalue weighted by Gasteiger charge is 2.14. The van der Waals surface area contributed by atoms with E-state index in [1.54, 1.807) is 12.1 Å². The van der Waals surface area contributed by atoms with Crippen molar-refractivity contribution >= 4 is 29.0 Å². The van der Waals surface area contributed by atoms with Gasteiger partial charge in [-0.15, -0.1) is 0 Å². The Morgan fingerprint density at radius 3 is 2.63 bits per heavy atom. The van der Waals surface area contributed by atoms with Gasteiger partial charge in [-0.2, -0.15) is 0 Å². The Bertz CT molecular complexity index is 591. The first kappa shape index (κ1) is 14.2. The summed E-state index contributed by atoms with van der Waals surface area (Å²) in [5, 5.41) is 1.05. The molecule has 5 heteroatoms. The number of hydrogen-bond donors (Lipinski definition) is 1. The molecule has 0 fully saturated rings. The molecule has 0 unspecified atom stereocenters. The van der Waals surface area contributed by atoms with Crippen LogP contribution < -0.4 is 5.73 Å². The third-order valence-corrected chi connectivity index (χ3v) is 3.86. The summed E-state index contributed by atoms with van der Waals surface area (Å²) in [6.45, 7) is 5.01. The van der Waals surface area contributed by atoms with Crippen molar-refractivity contribution in [3.63, 3.8) is 0 Å². The van der Waals surface area contributed by atoms with Gasteiger partial charge in [-0.25, -0.2) is 4.98 Å². The number of halogens is 2. The molecule has 19 heavy (non-hydrogen) atoms. The molecular formula is C14H17Cl2N3. The number of aromatic nitrogens is 2. The van der Waals surface area contributed by atoms with E-state index in [0.717, 1.165) is 36.5 Å². The van der Waals surface area contributed by atoms with Crippen LogP contribution in [0, 0.1) is 6.92 Å². The van der Waals surface area contributed by atoms with Crippen molar-refractivity contribution in [3.8, 4) is 11.3 Å². The number of nitrogen functional groups attached to an aromatic ring is 1. The normalized spacial score (nSPS) is 10.9. The first-order chi connectivity index (χ1) is 9.04. The topological polar surface area (TPSA) is 43.8 Å². The highest BCUT2D eigenvalue weighted by Crippen LogP contribution is 2.31. The molecule has 0 saturated carbocycles. The van der Waals surface area contributed by atoms with E-state index in [-0.39, 0.29) is 0 Å². The molecule has 0 aliphatic rings. The van der Waals surface area contributed by atoms with Crippen LogP contribution in [0.1, 0.15) is 25.6 Å². The Labute approximate surface area is 123 Å². The van der Waals surface area contributed by atoms with Crippen LogP contribution in [0.4, 0.5) is 5.82 Å². The fraction of sp³-hybridized carbons (Fsp3) is 0.357. The number of benzene rings is 1. The van der Waals surface area contributed by atoms with Crippen molar-refractivity contribution in [3.05, 3.63) is 34.1 Å². The van der Waals surface area contributed by atoms with Crippen molar-refractivity contribution in [2.24, 2.45) is 0 Å². The zero-order chi connectivity index (χ0) is 14.0. The summed E-state index contributed by atoms with van der Waals surface area (Å²) >= 11 is 12.0. The van der Waals surface area contributed by atoms with Gasteiger partial charge in [-0.3, -0.25) is 0 Å². The first-order valence-electron chi connectivity index (χ1n) is 6.32. The summed E-state index contributed by atoms with van der Waals surface area (Å²) in [5.74, 6) is 1.61. The molecule has 1 aromatic heterocycles. The van der Waals surface area contributed by atoms with Crippen molar-refractivity contribution in [2.45, 2.75) is 33.2 Å². The minimum atomic E-state index is 0.513. The highest BCUT2D eigenvalue weighted by atomic mass is 35.5. The summed E-state index contributed by atoms with van der Waals surface area (Å²) in [4.78, 5) is 4.54. The Morgan fingerprint density at radius 1 is 1.26 bits per heavy atom. The lowest BCUT2D eigenvalue weighted by Gasteiger charge is -2.07. The summed E-state index contributed by atoms with van der Waals surface area (Å²) in [6.07, 6.45) is 2.21. The Kier molecular flexibility index (Phi) is 4.38. The van der Waals surface area contributed by atoms with E-state index in [9.17, 15) is 0 Å². The maximum absolute atomic E-state index is 6.19. The third kappa shape index (κ3) is 2.88. The molecule has 2 aromatic rings. The van der Waals surface area contributed by atoms with Crippen LogP contribution in [0.15, 0.2) is 18.2 Å². The third-order valence-electron chi connectivity index (χ3n) is 3.13. The average Bonchev–Trinajstić information content (AvgIpc) is 2.66. The molecule has 0 aliphatic heterocycles. The second-order valence-corrected chi connectivity index (χ2v) is 5.34. The van der Waals surface area contributed by atoms with Crippen LogP contribution in [0.2, 0.25) is 10.0 Å². The van der Waals surface area contributed by atoms with Gasteiger partial charge in [0, 0.05) is 12.1 Å². The van der Waals surface area contributed by atoms with Crippen LogP contribution in [-0.4, -0.2) is 9.55 Å². The molecule has 0 amide bonds. The van der Waals surface area contributed by atoms with Gasteiger partial charge in [-0.05, 0) is 25.5 Å². The quantitative estimate of drug-likeness (QED) is 0.900. The van der Waals surface area contributed by atoms with Crippen molar-refractivity contribution in [1.29, 1.82) is 0 Å². The van der Waals surface area contributed by atoms with E-state index in [1.807, 2.05) is 17.6 Å². The van der Waals surface area contributed by atoms with Crippen molar-refractivity contribution in [1.82, 2.24) is 9.55 Å². The fourth-order valence-electron chi connectivity index (χ4n) is 2.04. The molecule has 2 N–H and O–H groups in total. The molecule has 3 nitrogen and oxygen atoms in total. The van der Waals surface area contributed by atoms with E-state index in [2.05, 4.69) is 11.9 Å². The number of imidazole rings is 1. The number of hydrogen-bond acceptors (Lipinski definition) is 2. The lowest BCUT2D eigenvalue weighted by atomic mass is 10.1. The minimum Gasteiger partial charge on any atom is -0.383 e. The lowest BCUT2D eigenvalue weighted by Crippen LogP contribution is -2.04. The van der Waals surface area contributed by atoms with E-state index in [1.165, 1.54) is 0 Å². The van der Waals surface area contributed by atoms with E-state index in [4.69, 9.17) is 28.9 Å². The Hall–Kier alpha value is -1.19. The van der Waals surface area contributed by atoms with Crippen LogP contribution >= 0.6 is 23.2 Å². The van der Waals surface area contributed by atoms with Gasteiger partial charge in [0.05, 0.1) is 10.0 Å². The number of unbranched alkanes of at least 4 members (excludes halogenated alkanes) is 1. The molecule has 2 rings (SSSR count). The molecule has 0 aliphatic carbocycles. The molecule has 0 radical (unpaired) electrons. The van der Waals surface area contributed by atoms with Gasteiger partial charge in [-0.1, -0.05) is 42.6 Å². The van der Waals surface area contributed by atoms with Gasteiger partial charge in [0.2, 0.25) is 0 Å². The fourth-order valence-corrected chi connectivity index (χ4v) is 2.33. The highest BCUT2D eigenvalue weighted by molar-refractivity contribution is 6.42. The van der Waals surface area contributed by atoms with Crippen LogP contribution in [0.3, 0.4) is 0 Å². The van der Waals surface area contributed by atoms with Gasteiger partial charge in [0.1, 0.15) is 17.3 Å². The molecule has 0 spiro atoms. The van der Waals surface area contributed by atoms with Crippen molar-refractivity contribution < 1.29 is 0 Å². The Morgan fingerprint density at radius 2 is 2.00 bits per heavy atom. The second-order valence-electron chi connectivity index (χ2n) is 4.53. The van der Waals surface area contributed by atoms with Crippen LogP contribution in [0.25, 0.3) is 11.3 Å². The zero-order valence-corrected chi connectivity index (χ0v) is 12.6. The number of aryl methyl sites for hydroxylation is 1. The minimum absolute atomic E-state index is 0.513. The average molecular weight is 298 g/mol. The summed E-state index contributed by atoms with van der Waals surface area (Å²) in [7, 11) is 0. The molecular weight excluding hydrogens is 281 g/mol. The number of nitrogens with zero attached hydrogens (tertiary/aromatic N) is 2. The van der Waals surface area contributed by atoms with Crippen LogP contribution in [-0.2, 0) is 6.54 Å². The maximum Gasteiger partial charge on any atom is 0.131 e. The predicted octanol–water partition coefficient (Wildman–Crippen LogP) is 4.55. The van der Waals surface area contributed by atoms with Crippen molar-refractivity contribution in [2.75, 3.05) is 5.73 Å². The molecule has 0 bridgehead atoms. The number of rotatable bonds is 4. The molecule has 0 atom stereocenters. The van der Waals surface area contributed by atoms with Gasteiger partial charge in [0.15, 0.2) is 0 Å². The summed E-state index contributed by atoms with van der Waals surface area (Å²) in [5.41, 5.74) is 7.85. The number of nitrogens with two attached hydrogens (primary N) is 1. The predicted molar refractivity (Wildman–Crippen MR) is 81.7 cm³/mol. The SMILES string of the molecule is CCCCn1c(C)nc(-c2ccc(Cl)c(Cl)c2)c1N. The Balaban J connectivity index is 2.42. The second kappa shape index (κ2) is 5.85. The molecule has 1 heterocycles. The first-order valence-corrected chi connectivity index (χ1v) is 7.08. The molecule has 102 valence electrons. The standard InChI is InChI=1S/C14H17Cl2N3/c1-3-4-7-19-9(2)18-13(14(19)17)10-5-6-11(15)12(16)8-10/h5-6,8H,3-4,7,17H2,1-2H3. The van der Waals surface area contributed by atoms with E-state index < -0.39 is 0 Å². The monoisotopic (exact) mass is 297 g/mol. The largest absolute Gasteiger partial charge is 0.383 e. The molecule has 1 aromatic carbocycles. The van der Waals surface area contributed by atoms with Gasteiger partial charge >= 0.3 is 0 Å². The molecule has 0 saturated heterocycles. The van der Waals surface area contributed by atoms with Gasteiger partial charge in [0.25, 0.3) is 0 Å². The van der Waals surface area contributed by atoms with Gasteiger partial charge < -0.3 is 10.3 Å². The number of anilines is 1. The maximum atomic E-state index is 6.19.